The summed E-state index contributed by atoms with van der Waals surface area (Å²) in [5, 5.41) is 4.24. The lowest BCUT2D eigenvalue weighted by Crippen LogP contribution is -2.22. The highest BCUT2D eigenvalue weighted by Crippen LogP contribution is 2.21. The Bertz CT molecular complexity index is 350. The van der Waals surface area contributed by atoms with Crippen LogP contribution in [-0.4, -0.2) is 31.1 Å². The van der Waals surface area contributed by atoms with Crippen LogP contribution < -0.4 is 5.32 Å². The van der Waals surface area contributed by atoms with E-state index in [4.69, 9.17) is 11.6 Å². The van der Waals surface area contributed by atoms with Crippen LogP contribution in [0.1, 0.15) is 25.3 Å². The molecule has 3 heteroatoms. The molecule has 1 aliphatic rings. The second kappa shape index (κ2) is 7.13. The Kier molecular flexibility index (Phi) is 5.48. The Labute approximate surface area is 115 Å². The predicted octanol–water partition coefficient (Wildman–Crippen LogP) is 3.16. The molecule has 0 bridgehead atoms. The predicted molar refractivity (Wildman–Crippen MR) is 78.0 cm³/mol. The van der Waals surface area contributed by atoms with Crippen molar-refractivity contribution >= 4 is 11.6 Å². The first-order valence-corrected chi connectivity index (χ1v) is 7.33. The van der Waals surface area contributed by atoms with Gasteiger partial charge < -0.3 is 5.32 Å². The van der Waals surface area contributed by atoms with E-state index in [1.165, 1.54) is 31.5 Å². The van der Waals surface area contributed by atoms with E-state index in [9.17, 15) is 0 Å². The average Bonchev–Trinajstić information content (AvgIpc) is 2.80. The second-order valence-corrected chi connectivity index (χ2v) is 5.59. The monoisotopic (exact) mass is 266 g/mol. The highest BCUT2D eigenvalue weighted by Gasteiger charge is 2.21. The smallest absolute Gasteiger partial charge is 0.0406 e. The molecule has 0 radical (unpaired) electrons. The summed E-state index contributed by atoms with van der Waals surface area (Å²) in [7, 11) is 0. The van der Waals surface area contributed by atoms with Crippen molar-refractivity contribution in [1.29, 1.82) is 0 Å². The molecule has 2 nitrogen and oxygen atoms in total. The van der Waals surface area contributed by atoms with Crippen LogP contribution in [0.25, 0.3) is 0 Å². The zero-order valence-corrected chi connectivity index (χ0v) is 11.9. The molecule has 18 heavy (non-hydrogen) atoms. The molecule has 0 aliphatic carbocycles. The lowest BCUT2D eigenvalue weighted by Gasteiger charge is -2.16. The van der Waals surface area contributed by atoms with Crippen molar-refractivity contribution in [2.45, 2.75) is 26.3 Å². The van der Waals surface area contributed by atoms with Gasteiger partial charge in [0.15, 0.2) is 0 Å². The fraction of sp³-hybridized carbons (Fsp3) is 0.600. The molecule has 1 aromatic rings. The summed E-state index contributed by atoms with van der Waals surface area (Å²) in [5.74, 6) is 0.872. The van der Waals surface area contributed by atoms with E-state index < -0.39 is 0 Å². The zero-order valence-electron chi connectivity index (χ0n) is 11.2. The Morgan fingerprint density at radius 1 is 1.33 bits per heavy atom. The number of benzene rings is 1. The van der Waals surface area contributed by atoms with Gasteiger partial charge in [0.25, 0.3) is 0 Å². The lowest BCUT2D eigenvalue weighted by molar-refractivity contribution is 0.312. The number of nitrogens with zero attached hydrogens (tertiary/aromatic N) is 1. The number of nitrogens with one attached hydrogen (secondary N) is 1. The Morgan fingerprint density at radius 2 is 2.11 bits per heavy atom. The first kappa shape index (κ1) is 13.9. The molecule has 0 aromatic heterocycles. The minimum absolute atomic E-state index is 0.823. The van der Waals surface area contributed by atoms with Crippen molar-refractivity contribution in [2.75, 3.05) is 26.2 Å². The van der Waals surface area contributed by atoms with Gasteiger partial charge in [-0.2, -0.15) is 0 Å². The minimum atomic E-state index is 0.823. The van der Waals surface area contributed by atoms with Crippen LogP contribution in [0, 0.1) is 5.92 Å². The maximum atomic E-state index is 5.90. The molecule has 1 unspecified atom stereocenters. The molecule has 1 atom stereocenters. The summed E-state index contributed by atoms with van der Waals surface area (Å²) in [6.45, 7) is 7.96. The zero-order chi connectivity index (χ0) is 12.8. The molecule has 1 fully saturated rings. The Hall–Kier alpha value is -0.570. The van der Waals surface area contributed by atoms with Crippen LogP contribution in [0.4, 0.5) is 0 Å². The normalized spacial score (nSPS) is 20.4. The summed E-state index contributed by atoms with van der Waals surface area (Å²) < 4.78 is 0. The highest BCUT2D eigenvalue weighted by atomic mass is 35.5. The van der Waals surface area contributed by atoms with Gasteiger partial charge in [0.2, 0.25) is 0 Å². The average molecular weight is 267 g/mol. The van der Waals surface area contributed by atoms with Gasteiger partial charge in [-0.15, -0.1) is 0 Å². The molecule has 1 heterocycles. The van der Waals surface area contributed by atoms with E-state index in [0.717, 1.165) is 30.6 Å². The van der Waals surface area contributed by atoms with Gasteiger partial charge in [-0.05, 0) is 56.1 Å². The molecular formula is C15H23ClN2. The third kappa shape index (κ3) is 4.27. The van der Waals surface area contributed by atoms with Crippen molar-refractivity contribution < 1.29 is 0 Å². The Balaban J connectivity index is 1.73. The third-order valence-electron chi connectivity index (χ3n) is 3.67. The lowest BCUT2D eigenvalue weighted by atomic mass is 10.1. The van der Waals surface area contributed by atoms with E-state index >= 15 is 0 Å². The quantitative estimate of drug-likeness (QED) is 0.796. The number of hydrogen-bond donors (Lipinski definition) is 1. The molecular weight excluding hydrogens is 244 g/mol. The van der Waals surface area contributed by atoms with Crippen LogP contribution in [-0.2, 0) is 6.54 Å². The van der Waals surface area contributed by atoms with E-state index in [1.807, 2.05) is 12.1 Å². The number of halogens is 1. The molecule has 0 saturated carbocycles. The maximum Gasteiger partial charge on any atom is 0.0406 e. The number of rotatable bonds is 6. The fourth-order valence-electron chi connectivity index (χ4n) is 2.62. The summed E-state index contributed by atoms with van der Waals surface area (Å²) in [6, 6.07) is 8.23. The molecule has 1 aliphatic heterocycles. The van der Waals surface area contributed by atoms with Crippen molar-refractivity contribution in [1.82, 2.24) is 10.2 Å². The largest absolute Gasteiger partial charge is 0.317 e. The Morgan fingerprint density at radius 3 is 2.83 bits per heavy atom. The van der Waals surface area contributed by atoms with Crippen molar-refractivity contribution in [2.24, 2.45) is 5.92 Å². The third-order valence-corrected chi connectivity index (χ3v) is 3.92. The summed E-state index contributed by atoms with van der Waals surface area (Å²) >= 11 is 5.90. The highest BCUT2D eigenvalue weighted by molar-refractivity contribution is 6.30. The van der Waals surface area contributed by atoms with Gasteiger partial charge >= 0.3 is 0 Å². The van der Waals surface area contributed by atoms with Crippen LogP contribution in [0.3, 0.4) is 0 Å². The number of hydrogen-bond acceptors (Lipinski definition) is 2. The van der Waals surface area contributed by atoms with Crippen molar-refractivity contribution in [3.63, 3.8) is 0 Å². The molecule has 1 N–H and O–H groups in total. The van der Waals surface area contributed by atoms with Gasteiger partial charge in [-0.1, -0.05) is 30.7 Å². The molecule has 1 aromatic carbocycles. The SMILES string of the molecule is CCNCCC1CCN(Cc2ccc(Cl)cc2)C1. The van der Waals surface area contributed by atoms with Crippen LogP contribution in [0.5, 0.6) is 0 Å². The van der Waals surface area contributed by atoms with E-state index in [-0.39, 0.29) is 0 Å². The molecule has 1 saturated heterocycles. The minimum Gasteiger partial charge on any atom is -0.317 e. The van der Waals surface area contributed by atoms with Gasteiger partial charge in [0, 0.05) is 18.1 Å². The molecule has 0 amide bonds. The fourth-order valence-corrected chi connectivity index (χ4v) is 2.75. The first-order chi connectivity index (χ1) is 8.78. The van der Waals surface area contributed by atoms with E-state index in [1.54, 1.807) is 0 Å². The van der Waals surface area contributed by atoms with Gasteiger partial charge in [0.1, 0.15) is 0 Å². The van der Waals surface area contributed by atoms with Gasteiger partial charge in [0.05, 0.1) is 0 Å². The van der Waals surface area contributed by atoms with Gasteiger partial charge in [-0.3, -0.25) is 4.90 Å². The van der Waals surface area contributed by atoms with E-state index in [0.29, 0.717) is 0 Å². The maximum absolute atomic E-state index is 5.90. The molecule has 100 valence electrons. The molecule has 2 rings (SSSR count). The van der Waals surface area contributed by atoms with Crippen LogP contribution in [0.15, 0.2) is 24.3 Å². The summed E-state index contributed by atoms with van der Waals surface area (Å²) in [4.78, 5) is 2.56. The second-order valence-electron chi connectivity index (χ2n) is 5.16. The number of likely N-dealkylation sites (tertiary alicyclic amines) is 1. The van der Waals surface area contributed by atoms with Crippen LogP contribution >= 0.6 is 11.6 Å². The van der Waals surface area contributed by atoms with Gasteiger partial charge in [-0.25, -0.2) is 0 Å². The first-order valence-electron chi connectivity index (χ1n) is 6.95. The van der Waals surface area contributed by atoms with Crippen molar-refractivity contribution in [3.05, 3.63) is 34.9 Å². The molecule has 0 spiro atoms. The summed E-state index contributed by atoms with van der Waals surface area (Å²) in [5.41, 5.74) is 1.37. The van der Waals surface area contributed by atoms with E-state index in [2.05, 4.69) is 29.3 Å². The summed E-state index contributed by atoms with van der Waals surface area (Å²) in [6.07, 6.45) is 2.66. The standard InChI is InChI=1S/C15H23ClN2/c1-2-17-9-7-14-8-10-18(12-14)11-13-3-5-15(16)6-4-13/h3-6,14,17H,2,7-12H2,1H3. The van der Waals surface area contributed by atoms with Crippen molar-refractivity contribution in [3.8, 4) is 0 Å². The topological polar surface area (TPSA) is 15.3 Å². The van der Waals surface area contributed by atoms with Crippen LogP contribution in [0.2, 0.25) is 5.02 Å².